The molecule has 1 spiro atoms. The number of hydrogen-bond donors (Lipinski definition) is 0. The fraction of sp³-hybridized carbons (Fsp3) is 0.111. The molecule has 0 aromatic heterocycles. The first-order valence-corrected chi connectivity index (χ1v) is 10.0. The molecule has 0 aliphatic heterocycles. The van der Waals surface area contributed by atoms with Gasteiger partial charge in [0.05, 0.1) is 5.41 Å². The Morgan fingerprint density at radius 3 is 1.75 bits per heavy atom. The van der Waals surface area contributed by atoms with E-state index in [4.69, 9.17) is 0 Å². The molecule has 1 heteroatoms. The SMILES string of the molecule is Bc1ccc2c(c1)-c1ccccc1C21c2ccccc2-c2cc(C)c(C)cc21. The third kappa shape index (κ3) is 1.73. The second-order valence-corrected chi connectivity index (χ2v) is 8.37. The van der Waals surface area contributed by atoms with Gasteiger partial charge in [-0.05, 0) is 69.5 Å². The topological polar surface area (TPSA) is 0 Å². The van der Waals surface area contributed by atoms with Gasteiger partial charge in [0.25, 0.3) is 0 Å². The molecule has 0 N–H and O–H groups in total. The van der Waals surface area contributed by atoms with E-state index in [9.17, 15) is 0 Å². The second-order valence-electron chi connectivity index (χ2n) is 8.37. The lowest BCUT2D eigenvalue weighted by Crippen LogP contribution is -2.26. The zero-order valence-electron chi connectivity index (χ0n) is 16.5. The molecule has 2 aliphatic carbocycles. The molecule has 0 bridgehead atoms. The van der Waals surface area contributed by atoms with E-state index in [1.165, 1.54) is 61.1 Å². The molecule has 1 unspecified atom stereocenters. The smallest absolute Gasteiger partial charge is 0.0883 e. The third-order valence-corrected chi connectivity index (χ3v) is 6.86. The lowest BCUT2D eigenvalue weighted by Gasteiger charge is -2.30. The molecule has 0 radical (unpaired) electrons. The predicted octanol–water partition coefficient (Wildman–Crippen LogP) is 4.91. The van der Waals surface area contributed by atoms with Crippen molar-refractivity contribution in [1.29, 1.82) is 0 Å². The molecule has 0 saturated heterocycles. The summed E-state index contributed by atoms with van der Waals surface area (Å²) in [5.74, 6) is 0. The fourth-order valence-electron chi connectivity index (χ4n) is 5.52. The number of rotatable bonds is 0. The number of benzene rings is 4. The van der Waals surface area contributed by atoms with Crippen LogP contribution in [-0.2, 0) is 5.41 Å². The maximum atomic E-state index is 2.44. The molecule has 0 heterocycles. The van der Waals surface area contributed by atoms with Gasteiger partial charge in [0.15, 0.2) is 0 Å². The van der Waals surface area contributed by atoms with E-state index >= 15 is 0 Å². The van der Waals surface area contributed by atoms with Crippen LogP contribution in [0.15, 0.2) is 78.9 Å². The van der Waals surface area contributed by atoms with Crippen molar-refractivity contribution >= 4 is 13.3 Å². The van der Waals surface area contributed by atoms with Crippen molar-refractivity contribution in [3.8, 4) is 22.3 Å². The summed E-state index contributed by atoms with van der Waals surface area (Å²) in [5, 5.41) is 0. The molecule has 0 nitrogen and oxygen atoms in total. The van der Waals surface area contributed by atoms with Crippen molar-refractivity contribution in [2.45, 2.75) is 19.3 Å². The number of hydrogen-bond acceptors (Lipinski definition) is 0. The van der Waals surface area contributed by atoms with Crippen molar-refractivity contribution < 1.29 is 0 Å². The average Bonchev–Trinajstić information content (AvgIpc) is 3.15. The second kappa shape index (κ2) is 5.26. The molecular formula is C27H21B. The Bertz CT molecular complexity index is 1280. The lowest BCUT2D eigenvalue weighted by atomic mass is 9.70. The first-order valence-electron chi connectivity index (χ1n) is 10.0. The van der Waals surface area contributed by atoms with Crippen LogP contribution in [0, 0.1) is 13.8 Å². The van der Waals surface area contributed by atoms with Crippen LogP contribution in [0.2, 0.25) is 0 Å². The maximum Gasteiger partial charge on any atom is 0.139 e. The summed E-state index contributed by atoms with van der Waals surface area (Å²) in [4.78, 5) is 0. The summed E-state index contributed by atoms with van der Waals surface area (Å²) in [7, 11) is 2.19. The minimum absolute atomic E-state index is 0.204. The molecule has 28 heavy (non-hydrogen) atoms. The minimum Gasteiger partial charge on any atom is -0.0883 e. The van der Waals surface area contributed by atoms with Crippen LogP contribution in [0.4, 0.5) is 0 Å². The largest absolute Gasteiger partial charge is 0.139 e. The summed E-state index contributed by atoms with van der Waals surface area (Å²) in [6.45, 7) is 4.46. The monoisotopic (exact) mass is 356 g/mol. The van der Waals surface area contributed by atoms with Gasteiger partial charge < -0.3 is 0 Å². The summed E-state index contributed by atoms with van der Waals surface area (Å²) >= 11 is 0. The zero-order chi connectivity index (χ0) is 19.0. The first kappa shape index (κ1) is 16.0. The number of aryl methyl sites for hydroxylation is 2. The standard InChI is InChI=1S/C27H21B/c1-16-13-21-19-7-3-5-9-23(19)27(26(21)14-17(16)2)24-10-6-4-8-20(24)22-15-18(28)11-12-25(22)27/h3-15H,28H2,1-2H3. The summed E-state index contributed by atoms with van der Waals surface area (Å²) in [6.07, 6.45) is 0. The molecule has 0 fully saturated rings. The fourth-order valence-corrected chi connectivity index (χ4v) is 5.52. The van der Waals surface area contributed by atoms with E-state index in [-0.39, 0.29) is 5.41 Å². The molecule has 0 saturated carbocycles. The van der Waals surface area contributed by atoms with Crippen molar-refractivity contribution in [2.75, 3.05) is 0 Å². The number of fused-ring (bicyclic) bond motifs is 10. The summed E-state index contributed by atoms with van der Waals surface area (Å²) < 4.78 is 0. The van der Waals surface area contributed by atoms with Gasteiger partial charge in [0.2, 0.25) is 0 Å². The third-order valence-electron chi connectivity index (χ3n) is 6.86. The van der Waals surface area contributed by atoms with Crippen LogP contribution in [-0.4, -0.2) is 7.85 Å². The normalized spacial score (nSPS) is 17.9. The first-order chi connectivity index (χ1) is 13.6. The van der Waals surface area contributed by atoms with E-state index in [0.29, 0.717) is 0 Å². The molecule has 1 atom stereocenters. The molecule has 132 valence electrons. The van der Waals surface area contributed by atoms with Gasteiger partial charge in [-0.2, -0.15) is 0 Å². The Labute approximate surface area is 167 Å². The Hall–Kier alpha value is -3.06. The van der Waals surface area contributed by atoms with Gasteiger partial charge in [-0.15, -0.1) is 0 Å². The molecule has 6 rings (SSSR count). The van der Waals surface area contributed by atoms with Crippen molar-refractivity contribution in [1.82, 2.24) is 0 Å². The highest BCUT2D eigenvalue weighted by Crippen LogP contribution is 2.62. The highest BCUT2D eigenvalue weighted by Gasteiger charge is 2.51. The molecule has 4 aromatic rings. The molecule has 0 amide bonds. The van der Waals surface area contributed by atoms with Crippen LogP contribution in [0.25, 0.3) is 22.3 Å². The van der Waals surface area contributed by atoms with Crippen LogP contribution in [0.5, 0.6) is 0 Å². The van der Waals surface area contributed by atoms with Gasteiger partial charge in [-0.25, -0.2) is 0 Å². The summed E-state index contributed by atoms with van der Waals surface area (Å²) in [5.41, 5.74) is 15.1. The van der Waals surface area contributed by atoms with Gasteiger partial charge >= 0.3 is 0 Å². The quantitative estimate of drug-likeness (QED) is 0.340. The minimum atomic E-state index is -0.204. The van der Waals surface area contributed by atoms with E-state index < -0.39 is 0 Å². The average molecular weight is 356 g/mol. The van der Waals surface area contributed by atoms with Crippen LogP contribution < -0.4 is 5.46 Å². The predicted molar refractivity (Wildman–Crippen MR) is 120 cm³/mol. The molecule has 4 aromatic carbocycles. The summed E-state index contributed by atoms with van der Waals surface area (Å²) in [6, 6.07) is 29.9. The highest BCUT2D eigenvalue weighted by molar-refractivity contribution is 6.32. The maximum absolute atomic E-state index is 2.44. The van der Waals surface area contributed by atoms with Crippen molar-refractivity contribution in [3.05, 3.63) is 112 Å². The van der Waals surface area contributed by atoms with Gasteiger partial charge in [-0.3, -0.25) is 0 Å². The van der Waals surface area contributed by atoms with Crippen molar-refractivity contribution in [3.63, 3.8) is 0 Å². The van der Waals surface area contributed by atoms with Crippen LogP contribution in [0.1, 0.15) is 33.4 Å². The Balaban J connectivity index is 1.86. The highest BCUT2D eigenvalue weighted by atomic mass is 14.5. The van der Waals surface area contributed by atoms with Crippen molar-refractivity contribution in [2.24, 2.45) is 0 Å². The molecular weight excluding hydrogens is 335 g/mol. The van der Waals surface area contributed by atoms with E-state index in [1.807, 2.05) is 0 Å². The Morgan fingerprint density at radius 2 is 1.07 bits per heavy atom. The van der Waals surface area contributed by atoms with Crippen LogP contribution >= 0.6 is 0 Å². The molecule has 2 aliphatic rings. The Morgan fingerprint density at radius 1 is 0.536 bits per heavy atom. The van der Waals surface area contributed by atoms with Crippen LogP contribution in [0.3, 0.4) is 0 Å². The zero-order valence-corrected chi connectivity index (χ0v) is 16.5. The van der Waals surface area contributed by atoms with E-state index in [1.54, 1.807) is 0 Å². The Kier molecular flexibility index (Phi) is 3.00. The van der Waals surface area contributed by atoms with Gasteiger partial charge in [-0.1, -0.05) is 84.3 Å². The van der Waals surface area contributed by atoms with Gasteiger partial charge in [0, 0.05) is 0 Å². The lowest BCUT2D eigenvalue weighted by molar-refractivity contribution is 0.792. The van der Waals surface area contributed by atoms with Gasteiger partial charge in [0.1, 0.15) is 7.85 Å². The van der Waals surface area contributed by atoms with E-state index in [0.717, 1.165) is 0 Å². The van der Waals surface area contributed by atoms with E-state index in [2.05, 4.69) is 101 Å².